The van der Waals surface area contributed by atoms with Gasteiger partial charge in [0.1, 0.15) is 6.04 Å². The highest BCUT2D eigenvalue weighted by Crippen LogP contribution is 2.23. The van der Waals surface area contributed by atoms with E-state index in [-0.39, 0.29) is 5.75 Å². The van der Waals surface area contributed by atoms with Crippen LogP contribution < -0.4 is 11.5 Å². The van der Waals surface area contributed by atoms with Crippen LogP contribution in [0.4, 0.5) is 0 Å². The number of carbonyl (C=O) groups excluding carboxylic acids is 1. The Kier molecular flexibility index (Phi) is 6.32. The van der Waals surface area contributed by atoms with Crippen LogP contribution in [0.5, 0.6) is 0 Å². The van der Waals surface area contributed by atoms with Gasteiger partial charge in [0.05, 0.1) is 0 Å². The van der Waals surface area contributed by atoms with Crippen molar-refractivity contribution in [2.24, 2.45) is 11.5 Å². The minimum Gasteiger partial charge on any atom is -0.480 e. The van der Waals surface area contributed by atoms with E-state index in [4.69, 9.17) is 21.7 Å². The smallest absolute Gasteiger partial charge is 0.329 e. The molecule has 7 nitrogen and oxygen atoms in total. The van der Waals surface area contributed by atoms with E-state index in [9.17, 15) is 14.4 Å². The van der Waals surface area contributed by atoms with Crippen LogP contribution in [0.3, 0.4) is 0 Å². The lowest BCUT2D eigenvalue weighted by Crippen LogP contribution is -2.36. The first kappa shape index (κ1) is 14.2. The second-order valence-electron chi connectivity index (χ2n) is 2.45. The van der Waals surface area contributed by atoms with E-state index in [2.05, 4.69) is 0 Å². The van der Waals surface area contributed by atoms with Crippen molar-refractivity contribution in [1.29, 1.82) is 0 Å². The third-order valence-corrected chi connectivity index (χ3v) is 3.51. The minimum atomic E-state index is -1.59. The lowest BCUT2D eigenvalue weighted by Gasteiger charge is -2.06. The van der Waals surface area contributed by atoms with Gasteiger partial charge in [0.25, 0.3) is 0 Å². The lowest BCUT2D eigenvalue weighted by molar-refractivity contribution is -0.140. The highest BCUT2D eigenvalue weighted by atomic mass is 33.1. The Labute approximate surface area is 93.0 Å². The van der Waals surface area contributed by atoms with Crippen LogP contribution in [0.1, 0.15) is 0 Å². The summed E-state index contributed by atoms with van der Waals surface area (Å²) in [7, 11) is 1.45. The van der Waals surface area contributed by atoms with Crippen LogP contribution in [0.25, 0.3) is 0 Å². The van der Waals surface area contributed by atoms with Crippen molar-refractivity contribution in [2.75, 3.05) is 5.75 Å². The number of hydrogen-bond donors (Lipinski definition) is 4. The molecule has 0 saturated carbocycles. The molecule has 0 unspecified atom stereocenters. The van der Waals surface area contributed by atoms with E-state index in [1.54, 1.807) is 0 Å². The molecule has 2 atom stereocenters. The number of carboxylic acids is 2. The van der Waals surface area contributed by atoms with Gasteiger partial charge in [0, 0.05) is 5.75 Å². The van der Waals surface area contributed by atoms with Gasteiger partial charge in [-0.3, -0.25) is 14.4 Å². The summed E-state index contributed by atoms with van der Waals surface area (Å²) >= 11 is 0. The Morgan fingerprint density at radius 2 is 1.67 bits per heavy atom. The van der Waals surface area contributed by atoms with Gasteiger partial charge in [-0.25, -0.2) is 0 Å². The molecule has 0 bridgehead atoms. The van der Waals surface area contributed by atoms with Gasteiger partial charge in [-0.2, -0.15) is 0 Å². The Morgan fingerprint density at radius 3 is 2.07 bits per heavy atom. The van der Waals surface area contributed by atoms with Crippen molar-refractivity contribution >= 4 is 38.6 Å². The average Bonchev–Trinajstić information content (AvgIpc) is 2.15. The normalized spacial score (nSPS) is 14.3. The van der Waals surface area contributed by atoms with E-state index in [1.807, 2.05) is 0 Å². The number of rotatable bonds is 6. The van der Waals surface area contributed by atoms with Gasteiger partial charge in [0.15, 0.2) is 6.04 Å². The minimum absolute atomic E-state index is 0.00191. The molecule has 0 saturated heterocycles. The highest BCUT2D eigenvalue weighted by molar-refractivity contribution is 8.82. The maximum absolute atomic E-state index is 11.0. The molecule has 0 aromatic carbocycles. The Balaban J connectivity index is 3.82. The standard InChI is InChI=1S/C6H10N2O5S2/c7-2(4(9)10)1-14-15-6(13)3(8)5(11)12/h2-3H,1,7-8H2,(H,9,10)(H,11,12)/t2-,3+/m0/s1. The maximum atomic E-state index is 11.0. The summed E-state index contributed by atoms with van der Waals surface area (Å²) in [5.41, 5.74) is 10.2. The summed E-state index contributed by atoms with van der Waals surface area (Å²) < 4.78 is 0. The molecule has 0 fully saturated rings. The Hall–Kier alpha value is -0.770. The molecule has 0 aliphatic rings. The predicted octanol–water partition coefficient (Wildman–Crippen LogP) is -1.28. The van der Waals surface area contributed by atoms with Crippen molar-refractivity contribution in [3.63, 3.8) is 0 Å². The summed E-state index contributed by atoms with van der Waals surface area (Å²) in [6.45, 7) is 0. The maximum Gasteiger partial charge on any atom is 0.329 e. The lowest BCUT2D eigenvalue weighted by atomic mass is 10.4. The van der Waals surface area contributed by atoms with Crippen LogP contribution >= 0.6 is 21.6 Å². The second kappa shape index (κ2) is 6.67. The van der Waals surface area contributed by atoms with Crippen molar-refractivity contribution in [1.82, 2.24) is 0 Å². The predicted molar refractivity (Wildman–Crippen MR) is 56.3 cm³/mol. The Bertz CT molecular complexity index is 272. The summed E-state index contributed by atoms with van der Waals surface area (Å²) in [6, 6.07) is -2.68. The van der Waals surface area contributed by atoms with E-state index in [1.165, 1.54) is 0 Å². The molecule has 0 aliphatic carbocycles. The van der Waals surface area contributed by atoms with Crippen molar-refractivity contribution in [3.8, 4) is 0 Å². The van der Waals surface area contributed by atoms with Crippen molar-refractivity contribution in [3.05, 3.63) is 0 Å². The zero-order chi connectivity index (χ0) is 12.0. The largest absolute Gasteiger partial charge is 0.480 e. The molecule has 0 aromatic rings. The molecule has 0 radical (unpaired) electrons. The van der Waals surface area contributed by atoms with Gasteiger partial charge in [-0.1, -0.05) is 10.8 Å². The van der Waals surface area contributed by atoms with Gasteiger partial charge >= 0.3 is 11.9 Å². The number of hydrogen-bond acceptors (Lipinski definition) is 7. The fourth-order valence-electron chi connectivity index (χ4n) is 0.389. The molecule has 9 heteroatoms. The molecule has 6 N–H and O–H groups in total. The van der Waals surface area contributed by atoms with Crippen LogP contribution in [-0.2, 0) is 14.4 Å². The average molecular weight is 254 g/mol. The van der Waals surface area contributed by atoms with Gasteiger partial charge in [-0.15, -0.1) is 0 Å². The summed E-state index contributed by atoms with van der Waals surface area (Å²) in [6.07, 6.45) is 0. The molecular weight excluding hydrogens is 244 g/mol. The number of aliphatic carboxylic acids is 2. The number of carbonyl (C=O) groups is 3. The number of nitrogens with two attached hydrogens (primary N) is 2. The van der Waals surface area contributed by atoms with Gasteiger partial charge in [0.2, 0.25) is 5.12 Å². The molecule has 15 heavy (non-hydrogen) atoms. The molecule has 0 spiro atoms. The van der Waals surface area contributed by atoms with E-state index in [0.717, 1.165) is 10.8 Å². The first-order chi connectivity index (χ1) is 6.86. The molecule has 0 aromatic heterocycles. The quantitative estimate of drug-likeness (QED) is 0.336. The zero-order valence-corrected chi connectivity index (χ0v) is 9.09. The second-order valence-corrected chi connectivity index (χ2v) is 4.79. The summed E-state index contributed by atoms with van der Waals surface area (Å²) in [4.78, 5) is 31.5. The van der Waals surface area contributed by atoms with Crippen LogP contribution in [0.2, 0.25) is 0 Å². The van der Waals surface area contributed by atoms with Crippen molar-refractivity contribution in [2.45, 2.75) is 12.1 Å². The molecular formula is C6H10N2O5S2. The van der Waals surface area contributed by atoms with Crippen LogP contribution in [0.15, 0.2) is 0 Å². The number of carboxylic acid groups (broad SMARTS) is 2. The topological polar surface area (TPSA) is 144 Å². The molecule has 0 amide bonds. The van der Waals surface area contributed by atoms with E-state index >= 15 is 0 Å². The van der Waals surface area contributed by atoms with Gasteiger partial charge in [-0.05, 0) is 10.8 Å². The fourth-order valence-corrected chi connectivity index (χ4v) is 2.37. The van der Waals surface area contributed by atoms with E-state index in [0.29, 0.717) is 10.8 Å². The van der Waals surface area contributed by atoms with E-state index < -0.39 is 29.1 Å². The molecule has 0 heterocycles. The monoisotopic (exact) mass is 254 g/mol. The molecule has 86 valence electrons. The third-order valence-electron chi connectivity index (χ3n) is 1.23. The summed E-state index contributed by atoms with van der Waals surface area (Å²) in [5, 5.41) is 16.0. The highest BCUT2D eigenvalue weighted by Gasteiger charge is 2.22. The van der Waals surface area contributed by atoms with Crippen LogP contribution in [0, 0.1) is 0 Å². The third kappa shape index (κ3) is 5.62. The molecule has 0 aliphatic heterocycles. The Morgan fingerprint density at radius 1 is 1.13 bits per heavy atom. The zero-order valence-electron chi connectivity index (χ0n) is 7.45. The van der Waals surface area contributed by atoms with Crippen LogP contribution in [-0.4, -0.2) is 45.1 Å². The van der Waals surface area contributed by atoms with Crippen molar-refractivity contribution < 1.29 is 24.6 Å². The SMILES string of the molecule is N[C@H](C(=O)O)C(=O)SSC[C@H](N)C(=O)O. The molecule has 0 rings (SSSR count). The first-order valence-corrected chi connectivity index (χ1v) is 5.98. The summed E-state index contributed by atoms with van der Waals surface area (Å²) in [5.74, 6) is -2.60. The van der Waals surface area contributed by atoms with Gasteiger partial charge < -0.3 is 21.7 Å². The fraction of sp³-hybridized carbons (Fsp3) is 0.500. The first-order valence-electron chi connectivity index (χ1n) is 3.66.